The van der Waals surface area contributed by atoms with E-state index in [2.05, 4.69) is 19.7 Å². The smallest absolute Gasteiger partial charge is 0.336 e. The summed E-state index contributed by atoms with van der Waals surface area (Å²) in [5.74, 6) is 0.881. The molecule has 2 amide bonds. The molecular weight excluding hydrogens is 202 g/mol. The van der Waals surface area contributed by atoms with E-state index < -0.39 is 0 Å². The Morgan fingerprint density at radius 3 is 2.93 bits per heavy atom. The normalized spacial score (nSPS) is 11.9. The third-order valence-electron chi connectivity index (χ3n) is 1.43. The van der Waals surface area contributed by atoms with Gasteiger partial charge in [-0.25, -0.2) is 4.79 Å². The molecule has 0 aliphatic carbocycles. The lowest BCUT2D eigenvalue weighted by molar-refractivity contribution is 0.249. The van der Waals surface area contributed by atoms with Gasteiger partial charge < -0.3 is 5.32 Å². The average molecular weight is 217 g/mol. The summed E-state index contributed by atoms with van der Waals surface area (Å²) in [6.07, 6.45) is 2.56. The van der Waals surface area contributed by atoms with Crippen molar-refractivity contribution in [2.45, 2.75) is 13.3 Å². The number of carbonyl (C=O) groups is 1. The minimum atomic E-state index is -0.279. The first-order valence-corrected chi connectivity index (χ1v) is 6.09. The van der Waals surface area contributed by atoms with Gasteiger partial charge in [0.2, 0.25) is 0 Å². The maximum absolute atomic E-state index is 11.1. The van der Waals surface area contributed by atoms with Crippen molar-refractivity contribution in [2.75, 3.05) is 25.1 Å². The van der Waals surface area contributed by atoms with Gasteiger partial charge in [-0.05, 0) is 18.2 Å². The van der Waals surface area contributed by atoms with Gasteiger partial charge in [0, 0.05) is 23.8 Å². The Morgan fingerprint density at radius 1 is 1.64 bits per heavy atom. The first-order valence-electron chi connectivity index (χ1n) is 4.33. The predicted octanol–water partition coefficient (Wildman–Crippen LogP) is 1.85. The number of urea groups is 1. The number of nitrogens with one attached hydrogen (secondary N) is 1. The van der Waals surface area contributed by atoms with E-state index in [1.165, 1.54) is 0 Å². The van der Waals surface area contributed by atoms with Crippen LogP contribution in [0.1, 0.15) is 13.3 Å². The van der Waals surface area contributed by atoms with Crippen molar-refractivity contribution < 1.29 is 4.79 Å². The van der Waals surface area contributed by atoms with Crippen LogP contribution in [-0.4, -0.2) is 31.1 Å². The fourth-order valence-corrected chi connectivity index (χ4v) is 1.10. The Kier molecular flexibility index (Phi) is 7.87. The number of carbonyl (C=O) groups excluding carboxylic acids is 1. The second-order valence-electron chi connectivity index (χ2n) is 2.52. The topological polar surface area (TPSA) is 90.2 Å². The van der Waals surface area contributed by atoms with Crippen LogP contribution in [0.15, 0.2) is 9.48 Å². The second kappa shape index (κ2) is 8.52. The van der Waals surface area contributed by atoms with Gasteiger partial charge in [-0.3, -0.25) is 0 Å². The van der Waals surface area contributed by atoms with Crippen molar-refractivity contribution in [1.82, 2.24) is 5.32 Å². The van der Waals surface area contributed by atoms with E-state index >= 15 is 0 Å². The lowest BCUT2D eigenvalue weighted by Crippen LogP contribution is -2.22. The van der Waals surface area contributed by atoms with Gasteiger partial charge in [-0.2, -0.15) is 4.36 Å². The monoisotopic (exact) mass is 217 g/mol. The van der Waals surface area contributed by atoms with Crippen LogP contribution in [-0.2, 0) is 10.7 Å². The molecule has 7 heteroatoms. The van der Waals surface area contributed by atoms with Gasteiger partial charge >= 0.3 is 6.03 Å². The van der Waals surface area contributed by atoms with E-state index in [1.807, 2.05) is 13.2 Å². The van der Waals surface area contributed by atoms with Crippen LogP contribution in [0.3, 0.4) is 0 Å². The Hall–Kier alpha value is -1.07. The van der Waals surface area contributed by atoms with Crippen LogP contribution < -0.4 is 5.32 Å². The van der Waals surface area contributed by atoms with E-state index in [9.17, 15) is 4.79 Å². The summed E-state index contributed by atoms with van der Waals surface area (Å²) < 4.78 is 3.89. The highest BCUT2D eigenvalue weighted by Gasteiger charge is 1.96. The molecule has 0 rings (SSSR count). The lowest BCUT2D eigenvalue weighted by atomic mass is 10.4. The van der Waals surface area contributed by atoms with Crippen LogP contribution in [0.2, 0.25) is 0 Å². The molecule has 0 spiro atoms. The van der Waals surface area contributed by atoms with Gasteiger partial charge in [-0.15, -0.1) is 0 Å². The second-order valence-corrected chi connectivity index (χ2v) is 4.48. The Bertz CT molecular complexity index is 259. The minimum absolute atomic E-state index is 0.185. The molecular formula is C7H15N5OS. The van der Waals surface area contributed by atoms with Crippen molar-refractivity contribution in [3.8, 4) is 0 Å². The Balaban J connectivity index is 3.59. The van der Waals surface area contributed by atoms with Crippen LogP contribution in [0.5, 0.6) is 0 Å². The fourth-order valence-electron chi connectivity index (χ4n) is 0.628. The summed E-state index contributed by atoms with van der Waals surface area (Å²) in [5.41, 5.74) is 7.98. The highest BCUT2D eigenvalue weighted by atomic mass is 32.2. The number of amides is 2. The zero-order valence-corrected chi connectivity index (χ0v) is 9.25. The third kappa shape index (κ3) is 7.57. The molecule has 1 unspecified atom stereocenters. The Labute approximate surface area is 85.8 Å². The molecule has 0 aromatic rings. The fraction of sp³-hybridized carbons (Fsp3) is 0.857. The summed E-state index contributed by atoms with van der Waals surface area (Å²) in [5, 5.41) is 5.97. The van der Waals surface area contributed by atoms with E-state index in [0.29, 0.717) is 19.5 Å². The molecule has 0 bridgehead atoms. The summed E-state index contributed by atoms with van der Waals surface area (Å²) in [7, 11) is -0.185. The molecule has 0 heterocycles. The summed E-state index contributed by atoms with van der Waals surface area (Å²) in [4.78, 5) is 13.7. The van der Waals surface area contributed by atoms with Crippen molar-refractivity contribution in [3.63, 3.8) is 0 Å². The maximum atomic E-state index is 11.1. The summed E-state index contributed by atoms with van der Waals surface area (Å²) >= 11 is 0. The highest BCUT2D eigenvalue weighted by molar-refractivity contribution is 7.86. The van der Waals surface area contributed by atoms with Gasteiger partial charge in [0.1, 0.15) is 0 Å². The van der Waals surface area contributed by atoms with Gasteiger partial charge in [0.25, 0.3) is 0 Å². The molecule has 80 valence electrons. The first-order chi connectivity index (χ1) is 6.70. The summed E-state index contributed by atoms with van der Waals surface area (Å²) in [6, 6.07) is -0.279. The van der Waals surface area contributed by atoms with E-state index in [4.69, 9.17) is 5.53 Å². The van der Waals surface area contributed by atoms with Gasteiger partial charge in [0.15, 0.2) is 0 Å². The first kappa shape index (κ1) is 12.9. The molecule has 6 nitrogen and oxygen atoms in total. The number of hydrogen-bond acceptors (Lipinski definition) is 2. The van der Waals surface area contributed by atoms with Crippen LogP contribution in [0, 0.1) is 0 Å². The van der Waals surface area contributed by atoms with Gasteiger partial charge in [0.05, 0.1) is 0 Å². The van der Waals surface area contributed by atoms with Crippen LogP contribution in [0.25, 0.3) is 10.4 Å². The zero-order chi connectivity index (χ0) is 10.8. The number of hydrogen-bond donors (Lipinski definition) is 1. The van der Waals surface area contributed by atoms with Crippen molar-refractivity contribution in [2.24, 2.45) is 9.48 Å². The Morgan fingerprint density at radius 2 is 2.36 bits per heavy atom. The molecule has 0 saturated carbocycles. The molecule has 1 N–H and O–H groups in total. The molecule has 0 aromatic heterocycles. The van der Waals surface area contributed by atoms with Crippen molar-refractivity contribution in [3.05, 3.63) is 10.4 Å². The van der Waals surface area contributed by atoms with E-state index in [0.717, 1.165) is 5.75 Å². The van der Waals surface area contributed by atoms with Crippen molar-refractivity contribution in [1.29, 1.82) is 0 Å². The lowest BCUT2D eigenvalue weighted by Gasteiger charge is -2.00. The SMILES string of the molecule is CC/S(C)=N/C(=O)NCCCN=[N+]=[N-]. The van der Waals surface area contributed by atoms with Crippen LogP contribution in [0.4, 0.5) is 4.79 Å². The molecule has 14 heavy (non-hydrogen) atoms. The van der Waals surface area contributed by atoms with E-state index in [1.54, 1.807) is 0 Å². The predicted molar refractivity (Wildman–Crippen MR) is 58.3 cm³/mol. The standard InChI is InChI=1S/C7H15N5OS/c1-3-14(2)11-7(13)9-5-4-6-10-12-8/h3-6H2,1-2H3,(H,9,13). The molecule has 1 atom stereocenters. The quantitative estimate of drug-likeness (QED) is 0.324. The maximum Gasteiger partial charge on any atom is 0.346 e. The molecule has 0 aliphatic rings. The molecule has 0 radical (unpaired) electrons. The number of azide groups is 1. The van der Waals surface area contributed by atoms with Crippen LogP contribution >= 0.6 is 0 Å². The highest BCUT2D eigenvalue weighted by Crippen LogP contribution is 1.85. The minimum Gasteiger partial charge on any atom is -0.336 e. The summed E-state index contributed by atoms with van der Waals surface area (Å²) in [6.45, 7) is 2.90. The van der Waals surface area contributed by atoms with Gasteiger partial charge in [-0.1, -0.05) is 22.7 Å². The third-order valence-corrected chi connectivity index (χ3v) is 2.74. The largest absolute Gasteiger partial charge is 0.346 e. The van der Waals surface area contributed by atoms with Crippen molar-refractivity contribution >= 4 is 16.7 Å². The number of rotatable bonds is 5. The molecule has 0 aromatic carbocycles. The zero-order valence-electron chi connectivity index (χ0n) is 8.43. The number of nitrogens with zero attached hydrogens (tertiary/aromatic N) is 4. The average Bonchev–Trinajstić information content (AvgIpc) is 2.17. The molecule has 0 saturated heterocycles. The molecule has 0 fully saturated rings. The molecule has 0 aliphatic heterocycles. The van der Waals surface area contributed by atoms with E-state index in [-0.39, 0.29) is 16.7 Å².